The molecule has 3 rings (SSSR count). The highest BCUT2D eigenvalue weighted by Crippen LogP contribution is 2.27. The molecule has 0 spiro atoms. The van der Waals surface area contributed by atoms with Crippen molar-refractivity contribution in [3.8, 4) is 5.75 Å². The molecule has 1 aromatic rings. The molecule has 2 saturated heterocycles. The minimum atomic E-state index is -1.26. The average Bonchev–Trinajstić information content (AvgIpc) is 2.57. The second-order valence-corrected chi connectivity index (χ2v) is 7.64. The Labute approximate surface area is 165 Å². The lowest BCUT2D eigenvalue weighted by molar-refractivity contribution is -0.222. The van der Waals surface area contributed by atoms with Gasteiger partial charge >= 0.3 is 11.9 Å². The van der Waals surface area contributed by atoms with Crippen molar-refractivity contribution in [2.75, 3.05) is 26.2 Å². The van der Waals surface area contributed by atoms with E-state index in [1.54, 1.807) is 12.1 Å². The molecule has 0 saturated carbocycles. The summed E-state index contributed by atoms with van der Waals surface area (Å²) in [5.41, 5.74) is 0.473. The highest BCUT2D eigenvalue weighted by Gasteiger charge is 2.39. The molecule has 2 atom stereocenters. The highest BCUT2D eigenvalue weighted by molar-refractivity contribution is 6.19. The lowest BCUT2D eigenvalue weighted by atomic mass is 10.1. The molecule has 2 aliphatic rings. The molecule has 1 aromatic carbocycles. The minimum absolute atomic E-state index is 0.147. The third-order valence-electron chi connectivity index (χ3n) is 4.50. The van der Waals surface area contributed by atoms with Crippen LogP contribution < -0.4 is 4.74 Å². The van der Waals surface area contributed by atoms with Crippen molar-refractivity contribution in [3.63, 3.8) is 0 Å². The van der Waals surface area contributed by atoms with Crippen LogP contribution in [0.4, 0.5) is 0 Å². The van der Waals surface area contributed by atoms with Gasteiger partial charge in [0.15, 0.2) is 0 Å². The van der Waals surface area contributed by atoms with Crippen LogP contribution in [0.2, 0.25) is 0 Å². The maximum Gasteiger partial charge on any atom is 0.348 e. The summed E-state index contributed by atoms with van der Waals surface area (Å²) >= 11 is 0. The third-order valence-corrected chi connectivity index (χ3v) is 4.50. The number of hydrogen-bond acceptors (Lipinski definition) is 7. The molecular weight excluding hydrogens is 362 g/mol. The quantitative estimate of drug-likeness (QED) is 0.435. The monoisotopic (exact) mass is 389 g/mol. The number of morpholine rings is 1. The van der Waals surface area contributed by atoms with E-state index in [0.29, 0.717) is 17.9 Å². The number of rotatable bonds is 5. The van der Waals surface area contributed by atoms with Crippen LogP contribution in [0, 0.1) is 0 Å². The number of esters is 2. The number of cyclic esters (lactones) is 2. The summed E-state index contributed by atoms with van der Waals surface area (Å²) < 4.78 is 22.0. The van der Waals surface area contributed by atoms with Gasteiger partial charge in [0.05, 0.1) is 12.2 Å². The van der Waals surface area contributed by atoms with E-state index in [1.165, 1.54) is 19.9 Å². The van der Waals surface area contributed by atoms with Gasteiger partial charge in [-0.1, -0.05) is 18.2 Å². The highest BCUT2D eigenvalue weighted by atomic mass is 16.7. The van der Waals surface area contributed by atoms with Crippen molar-refractivity contribution in [2.45, 2.75) is 45.7 Å². The second-order valence-electron chi connectivity index (χ2n) is 7.64. The number of para-hydroxylation sites is 1. The molecule has 7 nitrogen and oxygen atoms in total. The molecule has 2 fully saturated rings. The van der Waals surface area contributed by atoms with Gasteiger partial charge in [0.25, 0.3) is 5.79 Å². The first-order chi connectivity index (χ1) is 13.2. The minimum Gasteiger partial charge on any atom is -0.492 e. The van der Waals surface area contributed by atoms with Crippen LogP contribution in [0.25, 0.3) is 6.08 Å². The molecule has 0 bridgehead atoms. The summed E-state index contributed by atoms with van der Waals surface area (Å²) in [7, 11) is 0. The van der Waals surface area contributed by atoms with E-state index in [0.717, 1.165) is 19.6 Å². The molecule has 0 N–H and O–H groups in total. The van der Waals surface area contributed by atoms with E-state index in [9.17, 15) is 9.59 Å². The van der Waals surface area contributed by atoms with Crippen LogP contribution in [-0.4, -0.2) is 61.1 Å². The van der Waals surface area contributed by atoms with Crippen molar-refractivity contribution in [1.29, 1.82) is 0 Å². The summed E-state index contributed by atoms with van der Waals surface area (Å²) in [5.74, 6) is -2.07. The maximum atomic E-state index is 12.2. The first-order valence-electron chi connectivity index (χ1n) is 9.51. The molecule has 0 radical (unpaired) electrons. The van der Waals surface area contributed by atoms with Gasteiger partial charge in [-0.25, -0.2) is 9.59 Å². The molecule has 7 heteroatoms. The van der Waals surface area contributed by atoms with E-state index in [2.05, 4.69) is 18.7 Å². The fourth-order valence-corrected chi connectivity index (χ4v) is 3.42. The van der Waals surface area contributed by atoms with E-state index in [1.807, 2.05) is 12.1 Å². The first kappa shape index (κ1) is 20.4. The van der Waals surface area contributed by atoms with Gasteiger partial charge in [-0.05, 0) is 26.0 Å². The SMILES string of the molecule is CC1CN(CCOc2ccccc2C=C2C(=O)OC(C)(C)OC2=O)CC(C)O1. The van der Waals surface area contributed by atoms with Gasteiger partial charge in [0.2, 0.25) is 0 Å². The van der Waals surface area contributed by atoms with Gasteiger partial charge in [0.1, 0.15) is 17.9 Å². The van der Waals surface area contributed by atoms with Gasteiger partial charge in [-0.3, -0.25) is 4.90 Å². The Balaban J connectivity index is 1.66. The number of ether oxygens (including phenoxy) is 4. The predicted octanol–water partition coefficient (Wildman–Crippen LogP) is 2.39. The molecule has 152 valence electrons. The van der Waals surface area contributed by atoms with Crippen LogP contribution in [0.15, 0.2) is 29.8 Å². The average molecular weight is 389 g/mol. The van der Waals surface area contributed by atoms with Gasteiger partial charge < -0.3 is 18.9 Å². The fourth-order valence-electron chi connectivity index (χ4n) is 3.42. The fraction of sp³-hybridized carbons (Fsp3) is 0.524. The topological polar surface area (TPSA) is 74.3 Å². The predicted molar refractivity (Wildman–Crippen MR) is 103 cm³/mol. The number of hydrogen-bond donors (Lipinski definition) is 0. The smallest absolute Gasteiger partial charge is 0.348 e. The van der Waals surface area contributed by atoms with Crippen molar-refractivity contribution >= 4 is 18.0 Å². The Hall–Kier alpha value is -2.38. The van der Waals surface area contributed by atoms with Crippen molar-refractivity contribution in [1.82, 2.24) is 4.90 Å². The van der Waals surface area contributed by atoms with Crippen LogP contribution in [0.5, 0.6) is 5.75 Å². The summed E-state index contributed by atoms with van der Waals surface area (Å²) in [5, 5.41) is 0. The van der Waals surface area contributed by atoms with Crippen molar-refractivity contribution in [3.05, 3.63) is 35.4 Å². The largest absolute Gasteiger partial charge is 0.492 e. The summed E-state index contributed by atoms with van der Waals surface area (Å²) in [6.07, 6.45) is 1.86. The Morgan fingerprint density at radius 1 is 1.11 bits per heavy atom. The van der Waals surface area contributed by atoms with Crippen LogP contribution in [0.3, 0.4) is 0 Å². The normalized spacial score (nSPS) is 25.1. The molecular formula is C21H27NO6. The van der Waals surface area contributed by atoms with E-state index < -0.39 is 17.7 Å². The van der Waals surface area contributed by atoms with Crippen LogP contribution in [0.1, 0.15) is 33.3 Å². The molecule has 2 aliphatic heterocycles. The molecule has 28 heavy (non-hydrogen) atoms. The Morgan fingerprint density at radius 2 is 1.71 bits per heavy atom. The maximum absolute atomic E-state index is 12.2. The van der Waals surface area contributed by atoms with Crippen LogP contribution >= 0.6 is 0 Å². The Morgan fingerprint density at radius 3 is 2.36 bits per heavy atom. The molecule has 2 heterocycles. The zero-order chi connectivity index (χ0) is 20.3. The lowest BCUT2D eigenvalue weighted by Crippen LogP contribution is -2.46. The van der Waals surface area contributed by atoms with Crippen LogP contribution in [-0.2, 0) is 23.8 Å². The van der Waals surface area contributed by atoms with E-state index in [-0.39, 0.29) is 17.8 Å². The van der Waals surface area contributed by atoms with E-state index >= 15 is 0 Å². The third kappa shape index (κ3) is 5.11. The number of carbonyl (C=O) groups is 2. The zero-order valence-electron chi connectivity index (χ0n) is 16.8. The molecule has 0 aromatic heterocycles. The number of benzene rings is 1. The van der Waals surface area contributed by atoms with Gasteiger partial charge in [-0.15, -0.1) is 0 Å². The van der Waals surface area contributed by atoms with Gasteiger partial charge in [-0.2, -0.15) is 0 Å². The van der Waals surface area contributed by atoms with Gasteiger partial charge in [0, 0.05) is 39.0 Å². The van der Waals surface area contributed by atoms with Crippen molar-refractivity contribution < 1.29 is 28.5 Å². The molecule has 0 amide bonds. The second kappa shape index (κ2) is 8.32. The Kier molecular flexibility index (Phi) is 6.05. The van der Waals surface area contributed by atoms with Crippen molar-refractivity contribution in [2.24, 2.45) is 0 Å². The lowest BCUT2D eigenvalue weighted by Gasteiger charge is -2.35. The summed E-state index contributed by atoms with van der Waals surface area (Å²) in [6.45, 7) is 10.2. The Bertz CT molecular complexity index is 740. The standard InChI is InChI=1S/C21H27NO6/c1-14-12-22(13-15(2)26-14)9-10-25-18-8-6-5-7-16(18)11-17-19(23)27-21(3,4)28-20(17)24/h5-8,11,14-15H,9-10,12-13H2,1-4H3. The summed E-state index contributed by atoms with van der Waals surface area (Å²) in [4.78, 5) is 26.6. The first-order valence-corrected chi connectivity index (χ1v) is 9.51. The summed E-state index contributed by atoms with van der Waals surface area (Å²) in [6, 6.07) is 7.24. The molecule has 2 unspecified atom stereocenters. The number of nitrogens with zero attached hydrogens (tertiary/aromatic N) is 1. The van der Waals surface area contributed by atoms with E-state index in [4.69, 9.17) is 18.9 Å². The number of carbonyl (C=O) groups excluding carboxylic acids is 2. The zero-order valence-corrected chi connectivity index (χ0v) is 16.8. The molecule has 0 aliphatic carbocycles.